The smallest absolute Gasteiger partial charge is 0.331 e. The predicted molar refractivity (Wildman–Crippen MR) is 140 cm³/mol. The lowest BCUT2D eigenvalue weighted by molar-refractivity contribution is -0.151. The molecule has 2 aliphatic rings. The quantitative estimate of drug-likeness (QED) is 0.198. The molecule has 2 bridgehead atoms. The van der Waals surface area contributed by atoms with Crippen LogP contribution in [0.25, 0.3) is 0 Å². The summed E-state index contributed by atoms with van der Waals surface area (Å²) in [6, 6.07) is 0. The van der Waals surface area contributed by atoms with Gasteiger partial charge in [0.05, 0.1) is 12.2 Å². The second kappa shape index (κ2) is 15.0. The zero-order valence-corrected chi connectivity index (χ0v) is 21.3. The van der Waals surface area contributed by atoms with Gasteiger partial charge >= 0.3 is 5.97 Å². The van der Waals surface area contributed by atoms with Crippen LogP contribution in [0.4, 0.5) is 0 Å². The maximum Gasteiger partial charge on any atom is 0.331 e. The Morgan fingerprint density at radius 2 is 1.94 bits per heavy atom. The first kappa shape index (κ1) is 28.9. The van der Waals surface area contributed by atoms with E-state index in [0.717, 1.165) is 23.1 Å². The van der Waals surface area contributed by atoms with Gasteiger partial charge in [0, 0.05) is 25.0 Å². The van der Waals surface area contributed by atoms with Crippen molar-refractivity contribution in [1.82, 2.24) is 5.32 Å². The highest BCUT2D eigenvalue weighted by Gasteiger charge is 2.26. The molecule has 0 spiro atoms. The first-order chi connectivity index (χ1) is 17.2. The molecule has 7 heteroatoms. The van der Waals surface area contributed by atoms with Gasteiger partial charge in [-0.25, -0.2) is 4.79 Å². The molecule has 2 aliphatic heterocycles. The number of carbonyl (C=O) groups is 3. The van der Waals surface area contributed by atoms with Gasteiger partial charge < -0.3 is 19.9 Å². The maximum absolute atomic E-state index is 12.5. The summed E-state index contributed by atoms with van der Waals surface area (Å²) in [6.45, 7) is 9.61. The molecule has 0 aliphatic carbocycles. The standard InChI is InChI=1S/C29H37NO6/c1-5-6-7-13-27(32)30-29(34)26-19-22(4)18-25-17-21(3)16-24(35-25)12-9-11-23(31)15-20(2)10-8-14-28(33)36-26/h5-11,13-14,18,24-26,29,34H,3,12,15-17,19H2,1-2,4H3,(H,30,32)/b6-5+,11-9+,13-7-,14-8+,20-10-,22-18+/t24-,25-,26-,29?/m0/s1. The van der Waals surface area contributed by atoms with E-state index in [0.29, 0.717) is 12.8 Å². The Morgan fingerprint density at radius 3 is 2.69 bits per heavy atom. The van der Waals surface area contributed by atoms with Crippen LogP contribution in [-0.4, -0.2) is 47.3 Å². The molecule has 1 amide bonds. The molecule has 4 atom stereocenters. The molecule has 36 heavy (non-hydrogen) atoms. The van der Waals surface area contributed by atoms with Crippen molar-refractivity contribution in [3.05, 3.63) is 84.1 Å². The van der Waals surface area contributed by atoms with E-state index in [9.17, 15) is 19.5 Å². The summed E-state index contributed by atoms with van der Waals surface area (Å²) in [7, 11) is 0. The van der Waals surface area contributed by atoms with Crippen molar-refractivity contribution >= 4 is 17.7 Å². The van der Waals surface area contributed by atoms with E-state index in [-0.39, 0.29) is 30.8 Å². The van der Waals surface area contributed by atoms with Crippen molar-refractivity contribution in [2.45, 2.75) is 77.4 Å². The molecule has 2 heterocycles. The van der Waals surface area contributed by atoms with E-state index < -0.39 is 24.2 Å². The van der Waals surface area contributed by atoms with Crippen LogP contribution < -0.4 is 5.32 Å². The number of amides is 1. The minimum absolute atomic E-state index is 0.0369. The molecule has 2 rings (SSSR count). The lowest BCUT2D eigenvalue weighted by Crippen LogP contribution is -2.44. The third kappa shape index (κ3) is 11.0. The fraction of sp³-hybridized carbons (Fsp3) is 0.414. The number of cyclic esters (lactones) is 1. The minimum Gasteiger partial charge on any atom is -0.454 e. The second-order valence-corrected chi connectivity index (χ2v) is 9.14. The number of ether oxygens (including phenoxy) is 2. The zero-order chi connectivity index (χ0) is 26.5. The fourth-order valence-electron chi connectivity index (χ4n) is 3.96. The highest BCUT2D eigenvalue weighted by atomic mass is 16.6. The number of allylic oxidation sites excluding steroid dienone is 7. The van der Waals surface area contributed by atoms with Gasteiger partial charge in [0.1, 0.15) is 0 Å². The summed E-state index contributed by atoms with van der Waals surface area (Å²) < 4.78 is 11.7. The number of fused-ring (bicyclic) bond motifs is 2. The molecule has 0 aromatic carbocycles. The Hall–Kier alpha value is -3.29. The molecular weight excluding hydrogens is 458 g/mol. The Kier molecular flexibility index (Phi) is 12.0. The van der Waals surface area contributed by atoms with E-state index in [4.69, 9.17) is 9.47 Å². The highest BCUT2D eigenvalue weighted by Crippen LogP contribution is 2.27. The summed E-state index contributed by atoms with van der Waals surface area (Å²) in [5.74, 6) is -1.23. The predicted octanol–water partition coefficient (Wildman–Crippen LogP) is 4.33. The number of ketones is 1. The van der Waals surface area contributed by atoms with Gasteiger partial charge in [0.15, 0.2) is 18.1 Å². The Morgan fingerprint density at radius 1 is 1.17 bits per heavy atom. The van der Waals surface area contributed by atoms with Crippen molar-refractivity contribution in [3.63, 3.8) is 0 Å². The van der Waals surface area contributed by atoms with E-state index in [1.54, 1.807) is 37.3 Å². The van der Waals surface area contributed by atoms with Gasteiger partial charge in [-0.15, -0.1) is 0 Å². The number of nitrogens with one attached hydrogen (secondary N) is 1. The first-order valence-electron chi connectivity index (χ1n) is 12.2. The van der Waals surface area contributed by atoms with Crippen molar-refractivity contribution in [2.75, 3.05) is 0 Å². The molecular formula is C29H37NO6. The maximum atomic E-state index is 12.5. The Balaban J connectivity index is 2.28. The monoisotopic (exact) mass is 495 g/mol. The fourth-order valence-corrected chi connectivity index (χ4v) is 3.96. The van der Waals surface area contributed by atoms with Crippen LogP contribution in [0.15, 0.2) is 84.1 Å². The van der Waals surface area contributed by atoms with Crippen LogP contribution in [0.3, 0.4) is 0 Å². The summed E-state index contributed by atoms with van der Waals surface area (Å²) >= 11 is 0. The van der Waals surface area contributed by atoms with Crippen molar-refractivity contribution in [2.24, 2.45) is 0 Å². The van der Waals surface area contributed by atoms with Crippen LogP contribution in [0.1, 0.15) is 52.9 Å². The van der Waals surface area contributed by atoms with Crippen LogP contribution in [0.2, 0.25) is 0 Å². The minimum atomic E-state index is -1.42. The zero-order valence-electron chi connectivity index (χ0n) is 21.3. The first-order valence-corrected chi connectivity index (χ1v) is 12.2. The van der Waals surface area contributed by atoms with Crippen LogP contribution in [-0.2, 0) is 23.9 Å². The Labute approximate surface area is 213 Å². The average molecular weight is 496 g/mol. The molecule has 1 unspecified atom stereocenters. The SMILES string of the molecule is C=C1C[C@@H]2C/C=C/C(=O)C/C(C)=C\C=C\C(=O)O[C@H](C(O)NC(=O)/C=C\C=C\C)C/C(C)=C/[C@H](C1)O2. The molecule has 2 N–H and O–H groups in total. The van der Waals surface area contributed by atoms with Gasteiger partial charge in [0.25, 0.3) is 0 Å². The molecule has 1 fully saturated rings. The number of aliphatic hydroxyl groups excluding tert-OH is 1. The number of aliphatic hydroxyl groups is 1. The van der Waals surface area contributed by atoms with Crippen LogP contribution in [0, 0.1) is 0 Å². The van der Waals surface area contributed by atoms with Crippen LogP contribution in [0.5, 0.6) is 0 Å². The number of rotatable bonds is 4. The average Bonchev–Trinajstić information content (AvgIpc) is 2.77. The third-order valence-electron chi connectivity index (χ3n) is 5.60. The molecule has 0 radical (unpaired) electrons. The summed E-state index contributed by atoms with van der Waals surface area (Å²) in [5.41, 5.74) is 2.67. The highest BCUT2D eigenvalue weighted by molar-refractivity contribution is 5.91. The van der Waals surface area contributed by atoms with Crippen LogP contribution >= 0.6 is 0 Å². The summed E-state index contributed by atoms with van der Waals surface area (Å²) in [6.07, 6.45) is 15.6. The number of esters is 1. The van der Waals surface area contributed by atoms with E-state index in [2.05, 4.69) is 11.9 Å². The van der Waals surface area contributed by atoms with Gasteiger partial charge in [0.2, 0.25) is 5.91 Å². The van der Waals surface area contributed by atoms with E-state index in [1.165, 1.54) is 18.2 Å². The van der Waals surface area contributed by atoms with Gasteiger partial charge in [-0.05, 0) is 46.1 Å². The molecule has 0 aromatic heterocycles. The molecule has 0 saturated carbocycles. The summed E-state index contributed by atoms with van der Waals surface area (Å²) in [5, 5.41) is 13.1. The second-order valence-electron chi connectivity index (χ2n) is 9.14. The van der Waals surface area contributed by atoms with Gasteiger partial charge in [-0.2, -0.15) is 0 Å². The molecule has 1 saturated heterocycles. The molecule has 0 aromatic rings. The normalized spacial score (nSPS) is 30.3. The van der Waals surface area contributed by atoms with Crippen molar-refractivity contribution in [3.8, 4) is 0 Å². The topological polar surface area (TPSA) is 102 Å². The number of carbonyl (C=O) groups excluding carboxylic acids is 3. The molecule has 194 valence electrons. The third-order valence-corrected chi connectivity index (χ3v) is 5.60. The van der Waals surface area contributed by atoms with Crippen molar-refractivity contribution < 1.29 is 29.0 Å². The van der Waals surface area contributed by atoms with E-state index in [1.807, 2.05) is 26.0 Å². The number of hydrogen-bond acceptors (Lipinski definition) is 6. The molecule has 7 nitrogen and oxygen atoms in total. The lowest BCUT2D eigenvalue weighted by Gasteiger charge is -2.30. The largest absolute Gasteiger partial charge is 0.454 e. The number of hydrogen-bond donors (Lipinski definition) is 2. The van der Waals surface area contributed by atoms with Gasteiger partial charge in [-0.3, -0.25) is 9.59 Å². The van der Waals surface area contributed by atoms with Crippen molar-refractivity contribution in [1.29, 1.82) is 0 Å². The van der Waals surface area contributed by atoms with E-state index >= 15 is 0 Å². The Bertz CT molecular complexity index is 997. The lowest BCUT2D eigenvalue weighted by atomic mass is 9.95. The summed E-state index contributed by atoms with van der Waals surface area (Å²) in [4.78, 5) is 36.8. The van der Waals surface area contributed by atoms with Gasteiger partial charge in [-0.1, -0.05) is 65.8 Å².